The van der Waals surface area contributed by atoms with Crippen molar-refractivity contribution in [2.24, 2.45) is 0 Å². The van der Waals surface area contributed by atoms with Crippen LogP contribution in [0.4, 0.5) is 5.69 Å². The van der Waals surface area contributed by atoms with E-state index in [9.17, 15) is 4.79 Å². The van der Waals surface area contributed by atoms with Gasteiger partial charge in [0.1, 0.15) is 4.34 Å². The van der Waals surface area contributed by atoms with Crippen molar-refractivity contribution in [3.05, 3.63) is 38.8 Å². The molecule has 0 aliphatic rings. The molecule has 2 aromatic rings. The van der Waals surface area contributed by atoms with Gasteiger partial charge in [-0.1, -0.05) is 41.0 Å². The Balaban J connectivity index is 1.80. The Kier molecular flexibility index (Phi) is 6.56. The minimum atomic E-state index is -0.0784. The molecule has 3 nitrogen and oxygen atoms in total. The van der Waals surface area contributed by atoms with Crippen molar-refractivity contribution in [3.8, 4) is 0 Å². The van der Waals surface area contributed by atoms with Crippen LogP contribution in [0.15, 0.2) is 21.9 Å². The number of anilines is 1. The molecule has 7 heteroatoms. The standard InChI is InChI=1S/C15H16Cl2N2OS2/c1-9-5-6-11(16)14(13(9)17)19-12(20)4-3-7-21-15-18-10(2)8-22-15/h5-6,8H,3-4,7H2,1-2H3,(H,19,20). The molecule has 0 atom stereocenters. The normalized spacial score (nSPS) is 10.7. The third-order valence-electron chi connectivity index (χ3n) is 2.92. The first-order valence-electron chi connectivity index (χ1n) is 6.76. The Morgan fingerprint density at radius 1 is 1.36 bits per heavy atom. The van der Waals surface area contributed by atoms with E-state index < -0.39 is 0 Å². The van der Waals surface area contributed by atoms with Crippen LogP contribution < -0.4 is 5.32 Å². The van der Waals surface area contributed by atoms with Gasteiger partial charge in [0.15, 0.2) is 0 Å². The molecule has 0 unspecified atom stereocenters. The number of nitrogens with zero attached hydrogens (tertiary/aromatic N) is 1. The molecule has 0 bridgehead atoms. The van der Waals surface area contributed by atoms with Crippen molar-refractivity contribution in [1.29, 1.82) is 0 Å². The zero-order valence-electron chi connectivity index (χ0n) is 12.3. The van der Waals surface area contributed by atoms with Gasteiger partial charge in [-0.15, -0.1) is 11.3 Å². The molecule has 22 heavy (non-hydrogen) atoms. The van der Waals surface area contributed by atoms with E-state index in [0.29, 0.717) is 22.2 Å². The van der Waals surface area contributed by atoms with E-state index in [1.54, 1.807) is 29.2 Å². The van der Waals surface area contributed by atoms with Crippen molar-refractivity contribution >= 4 is 57.9 Å². The Hall–Kier alpha value is -0.750. The van der Waals surface area contributed by atoms with E-state index in [1.807, 2.05) is 25.3 Å². The van der Waals surface area contributed by atoms with Crippen molar-refractivity contribution in [3.63, 3.8) is 0 Å². The Bertz CT molecular complexity index is 674. The lowest BCUT2D eigenvalue weighted by atomic mass is 10.2. The number of thioether (sulfide) groups is 1. The molecule has 0 saturated heterocycles. The van der Waals surface area contributed by atoms with Crippen LogP contribution in [0.5, 0.6) is 0 Å². The first-order valence-corrected chi connectivity index (χ1v) is 9.39. The van der Waals surface area contributed by atoms with E-state index in [4.69, 9.17) is 23.2 Å². The lowest BCUT2D eigenvalue weighted by molar-refractivity contribution is -0.116. The molecular weight excluding hydrogens is 359 g/mol. The molecular formula is C15H16Cl2N2OS2. The van der Waals surface area contributed by atoms with E-state index in [-0.39, 0.29) is 5.91 Å². The van der Waals surface area contributed by atoms with E-state index in [0.717, 1.165) is 27.8 Å². The number of amides is 1. The lowest BCUT2D eigenvalue weighted by Crippen LogP contribution is -2.12. The van der Waals surface area contributed by atoms with E-state index >= 15 is 0 Å². The summed E-state index contributed by atoms with van der Waals surface area (Å²) in [5.41, 5.74) is 2.42. The van der Waals surface area contributed by atoms with Gasteiger partial charge in [0, 0.05) is 23.2 Å². The summed E-state index contributed by atoms with van der Waals surface area (Å²) < 4.78 is 1.04. The smallest absolute Gasteiger partial charge is 0.224 e. The van der Waals surface area contributed by atoms with Crippen LogP contribution in [-0.4, -0.2) is 16.6 Å². The van der Waals surface area contributed by atoms with Gasteiger partial charge in [-0.25, -0.2) is 4.98 Å². The largest absolute Gasteiger partial charge is 0.324 e. The highest BCUT2D eigenvalue weighted by molar-refractivity contribution is 8.01. The van der Waals surface area contributed by atoms with Gasteiger partial charge in [-0.2, -0.15) is 0 Å². The molecule has 1 aromatic heterocycles. The van der Waals surface area contributed by atoms with Crippen LogP contribution >= 0.6 is 46.3 Å². The SMILES string of the molecule is Cc1csc(SCCCC(=O)Nc2c(Cl)ccc(C)c2Cl)n1. The average Bonchev–Trinajstić information content (AvgIpc) is 2.89. The van der Waals surface area contributed by atoms with Gasteiger partial charge >= 0.3 is 0 Å². The van der Waals surface area contributed by atoms with Crippen molar-refractivity contribution < 1.29 is 4.79 Å². The minimum absolute atomic E-state index is 0.0784. The summed E-state index contributed by atoms with van der Waals surface area (Å²) in [6.07, 6.45) is 1.20. The van der Waals surface area contributed by atoms with Crippen LogP contribution in [0.1, 0.15) is 24.1 Å². The molecule has 1 N–H and O–H groups in total. The summed E-state index contributed by atoms with van der Waals surface area (Å²) >= 11 is 15.6. The second-order valence-electron chi connectivity index (χ2n) is 4.81. The maximum absolute atomic E-state index is 12.0. The summed E-state index contributed by atoms with van der Waals surface area (Å²) in [6, 6.07) is 3.56. The minimum Gasteiger partial charge on any atom is -0.324 e. The van der Waals surface area contributed by atoms with E-state index in [1.165, 1.54) is 0 Å². The predicted molar refractivity (Wildman–Crippen MR) is 96.6 cm³/mol. The molecule has 0 saturated carbocycles. The Morgan fingerprint density at radius 2 is 2.14 bits per heavy atom. The fourth-order valence-corrected chi connectivity index (χ4v) is 4.09. The second kappa shape index (κ2) is 8.20. The lowest BCUT2D eigenvalue weighted by Gasteiger charge is -2.11. The molecule has 0 spiro atoms. The number of carbonyl (C=O) groups excluding carboxylic acids is 1. The highest BCUT2D eigenvalue weighted by Gasteiger charge is 2.11. The van der Waals surface area contributed by atoms with Gasteiger partial charge in [0.05, 0.1) is 15.7 Å². The topological polar surface area (TPSA) is 42.0 Å². The predicted octanol–water partition coefficient (Wildman–Crippen LogP) is 5.58. The number of hydrogen-bond acceptors (Lipinski definition) is 4. The monoisotopic (exact) mass is 374 g/mol. The van der Waals surface area contributed by atoms with Crippen molar-refractivity contribution in [1.82, 2.24) is 4.98 Å². The third kappa shape index (κ3) is 4.88. The number of hydrogen-bond donors (Lipinski definition) is 1. The third-order valence-corrected chi connectivity index (χ3v) is 5.95. The molecule has 1 aromatic carbocycles. The maximum atomic E-state index is 12.0. The number of thiazole rings is 1. The fourth-order valence-electron chi connectivity index (χ4n) is 1.76. The number of halogens is 2. The Labute approximate surface area is 148 Å². The van der Waals surface area contributed by atoms with Crippen LogP contribution in [0.2, 0.25) is 10.0 Å². The van der Waals surface area contributed by atoms with Gasteiger partial charge in [-0.3, -0.25) is 4.79 Å². The molecule has 1 amide bonds. The molecule has 0 aliphatic carbocycles. The quantitative estimate of drug-likeness (QED) is 0.530. The zero-order valence-corrected chi connectivity index (χ0v) is 15.4. The van der Waals surface area contributed by atoms with Crippen LogP contribution in [0.25, 0.3) is 0 Å². The summed E-state index contributed by atoms with van der Waals surface area (Å²) in [6.45, 7) is 3.85. The number of benzene rings is 1. The first kappa shape index (κ1) is 17.6. The van der Waals surface area contributed by atoms with Gasteiger partial charge in [0.2, 0.25) is 5.91 Å². The summed E-state index contributed by atoms with van der Waals surface area (Å²) in [5, 5.41) is 5.77. The van der Waals surface area contributed by atoms with Gasteiger partial charge in [-0.05, 0) is 31.9 Å². The number of aryl methyl sites for hydroxylation is 2. The highest BCUT2D eigenvalue weighted by atomic mass is 35.5. The Morgan fingerprint density at radius 3 is 2.82 bits per heavy atom. The van der Waals surface area contributed by atoms with Gasteiger partial charge < -0.3 is 5.32 Å². The molecule has 0 fully saturated rings. The van der Waals surface area contributed by atoms with E-state index in [2.05, 4.69) is 10.3 Å². The fraction of sp³-hybridized carbons (Fsp3) is 0.333. The molecule has 1 heterocycles. The molecule has 0 radical (unpaired) electrons. The van der Waals surface area contributed by atoms with Crippen molar-refractivity contribution in [2.45, 2.75) is 31.0 Å². The number of aromatic nitrogens is 1. The second-order valence-corrected chi connectivity index (χ2v) is 7.79. The van der Waals surface area contributed by atoms with Crippen LogP contribution in [-0.2, 0) is 4.79 Å². The average molecular weight is 375 g/mol. The molecule has 118 valence electrons. The molecule has 0 aliphatic heterocycles. The summed E-state index contributed by atoms with van der Waals surface area (Å²) in [5.74, 6) is 0.778. The number of nitrogens with one attached hydrogen (secondary N) is 1. The van der Waals surface area contributed by atoms with Gasteiger partial charge in [0.25, 0.3) is 0 Å². The van der Waals surface area contributed by atoms with Crippen LogP contribution in [0, 0.1) is 13.8 Å². The summed E-state index contributed by atoms with van der Waals surface area (Å²) in [7, 11) is 0. The van der Waals surface area contributed by atoms with Crippen molar-refractivity contribution in [2.75, 3.05) is 11.1 Å². The highest BCUT2D eigenvalue weighted by Crippen LogP contribution is 2.33. The van der Waals surface area contributed by atoms with Crippen LogP contribution in [0.3, 0.4) is 0 Å². The maximum Gasteiger partial charge on any atom is 0.224 e. The zero-order chi connectivity index (χ0) is 16.1. The number of rotatable bonds is 6. The number of carbonyl (C=O) groups is 1. The first-order chi connectivity index (χ1) is 10.5. The molecule has 2 rings (SSSR count). The summed E-state index contributed by atoms with van der Waals surface area (Å²) in [4.78, 5) is 16.4.